The number of amides is 1. The van der Waals surface area contributed by atoms with Gasteiger partial charge in [-0.2, -0.15) is 0 Å². The van der Waals surface area contributed by atoms with Crippen LogP contribution in [0.15, 0.2) is 31.0 Å². The van der Waals surface area contributed by atoms with E-state index in [1.165, 1.54) is 0 Å². The second kappa shape index (κ2) is 6.01. The monoisotopic (exact) mass is 287 g/mol. The number of nitrogens with zero attached hydrogens (tertiary/aromatic N) is 5. The van der Waals surface area contributed by atoms with Gasteiger partial charge in [-0.15, -0.1) is 0 Å². The van der Waals surface area contributed by atoms with E-state index in [0.29, 0.717) is 19.7 Å². The van der Waals surface area contributed by atoms with Crippen molar-refractivity contribution in [1.82, 2.24) is 24.4 Å². The number of fused-ring (bicyclic) bond motifs is 1. The van der Waals surface area contributed by atoms with Gasteiger partial charge in [0.2, 0.25) is 5.82 Å². The highest BCUT2D eigenvalue weighted by Crippen LogP contribution is 2.17. The van der Waals surface area contributed by atoms with E-state index in [4.69, 9.17) is 4.74 Å². The highest BCUT2D eigenvalue weighted by molar-refractivity contribution is 5.90. The molecule has 2 aromatic heterocycles. The number of rotatable bonds is 3. The maximum absolute atomic E-state index is 12.6. The Hall–Kier alpha value is -2.28. The molecular formula is C14H17N5O2. The minimum absolute atomic E-state index is 0.161. The summed E-state index contributed by atoms with van der Waals surface area (Å²) in [5.74, 6) is 0.283. The van der Waals surface area contributed by atoms with Gasteiger partial charge >= 0.3 is 0 Å². The summed E-state index contributed by atoms with van der Waals surface area (Å²) in [7, 11) is 1.67. The van der Waals surface area contributed by atoms with Crippen LogP contribution in [0.5, 0.6) is 0 Å². The molecule has 1 amide bonds. The van der Waals surface area contributed by atoms with E-state index in [9.17, 15) is 4.79 Å². The van der Waals surface area contributed by atoms with Crippen LogP contribution in [-0.4, -0.2) is 50.6 Å². The first kappa shape index (κ1) is 13.7. The molecule has 1 atom stereocenters. The zero-order chi connectivity index (χ0) is 14.7. The Morgan fingerprint density at radius 1 is 1.38 bits per heavy atom. The number of hydrogen-bond donors (Lipinski definition) is 0. The molecule has 0 aromatic carbocycles. The van der Waals surface area contributed by atoms with Gasteiger partial charge in [0, 0.05) is 44.7 Å². The average Bonchev–Trinajstić information content (AvgIpc) is 2.86. The Balaban J connectivity index is 1.86. The van der Waals surface area contributed by atoms with Crippen LogP contribution in [-0.2, 0) is 17.8 Å². The second-order valence-corrected chi connectivity index (χ2v) is 5.12. The van der Waals surface area contributed by atoms with Crippen LogP contribution >= 0.6 is 0 Å². The molecule has 3 heterocycles. The summed E-state index contributed by atoms with van der Waals surface area (Å²) < 4.78 is 7.33. The maximum Gasteiger partial charge on any atom is 0.292 e. The molecule has 0 unspecified atom stereocenters. The minimum Gasteiger partial charge on any atom is -0.384 e. The lowest BCUT2D eigenvalue weighted by molar-refractivity contribution is 0.0655. The van der Waals surface area contributed by atoms with Gasteiger partial charge < -0.3 is 14.2 Å². The molecule has 0 spiro atoms. The van der Waals surface area contributed by atoms with E-state index in [2.05, 4.69) is 19.5 Å². The fraction of sp³-hybridized carbons (Fsp3) is 0.429. The zero-order valence-corrected chi connectivity index (χ0v) is 11.8. The Bertz CT molecular complexity index is 613. The fourth-order valence-electron chi connectivity index (χ4n) is 2.60. The lowest BCUT2D eigenvalue weighted by Crippen LogP contribution is -2.36. The molecule has 0 saturated carbocycles. The second-order valence-electron chi connectivity index (χ2n) is 5.12. The molecule has 3 rings (SSSR count). The molecule has 0 bridgehead atoms. The molecular weight excluding hydrogens is 270 g/mol. The van der Waals surface area contributed by atoms with Crippen LogP contribution in [0.4, 0.5) is 0 Å². The number of carbonyl (C=O) groups is 1. The van der Waals surface area contributed by atoms with Gasteiger partial charge in [0.05, 0.1) is 25.2 Å². The van der Waals surface area contributed by atoms with E-state index < -0.39 is 0 Å². The van der Waals surface area contributed by atoms with Crippen molar-refractivity contribution in [2.45, 2.75) is 13.1 Å². The SMILES string of the molecule is COC[C@@H]1CN(C(=O)c2ncccn2)Cc2cncn2C1. The van der Waals surface area contributed by atoms with Crippen LogP contribution in [0, 0.1) is 5.92 Å². The summed E-state index contributed by atoms with van der Waals surface area (Å²) in [6.07, 6.45) is 6.75. The molecule has 21 heavy (non-hydrogen) atoms. The topological polar surface area (TPSA) is 73.1 Å². The number of methoxy groups -OCH3 is 1. The van der Waals surface area contributed by atoms with Crippen molar-refractivity contribution in [3.8, 4) is 0 Å². The smallest absolute Gasteiger partial charge is 0.292 e. The first-order valence-electron chi connectivity index (χ1n) is 6.82. The number of imidazole rings is 1. The molecule has 0 radical (unpaired) electrons. The Labute approximate surface area is 122 Å². The van der Waals surface area contributed by atoms with E-state index in [1.807, 2.05) is 0 Å². The van der Waals surface area contributed by atoms with Crippen molar-refractivity contribution >= 4 is 5.91 Å². The lowest BCUT2D eigenvalue weighted by atomic mass is 10.1. The van der Waals surface area contributed by atoms with Crippen LogP contribution in [0.1, 0.15) is 16.3 Å². The number of hydrogen-bond acceptors (Lipinski definition) is 5. The van der Waals surface area contributed by atoms with Crippen molar-refractivity contribution < 1.29 is 9.53 Å². The van der Waals surface area contributed by atoms with Gasteiger partial charge in [0.1, 0.15) is 0 Å². The van der Waals surface area contributed by atoms with Gasteiger partial charge in [0.15, 0.2) is 0 Å². The van der Waals surface area contributed by atoms with Crippen LogP contribution in [0.3, 0.4) is 0 Å². The molecule has 1 aliphatic rings. The minimum atomic E-state index is -0.161. The number of carbonyl (C=O) groups excluding carboxylic acids is 1. The zero-order valence-electron chi connectivity index (χ0n) is 11.8. The summed E-state index contributed by atoms with van der Waals surface area (Å²) in [4.78, 5) is 26.6. The van der Waals surface area contributed by atoms with Gasteiger partial charge in [-0.3, -0.25) is 4.79 Å². The largest absolute Gasteiger partial charge is 0.384 e. The molecule has 110 valence electrons. The molecule has 0 N–H and O–H groups in total. The van der Waals surface area contributed by atoms with Gasteiger partial charge in [-0.1, -0.05) is 0 Å². The van der Waals surface area contributed by atoms with E-state index in [-0.39, 0.29) is 17.6 Å². The van der Waals surface area contributed by atoms with Crippen molar-refractivity contribution in [2.75, 3.05) is 20.3 Å². The van der Waals surface area contributed by atoms with Gasteiger partial charge in [0.25, 0.3) is 5.91 Å². The molecule has 1 aliphatic heterocycles. The van der Waals surface area contributed by atoms with E-state index in [1.54, 1.807) is 43.0 Å². The van der Waals surface area contributed by atoms with E-state index in [0.717, 1.165) is 12.2 Å². The molecule has 7 nitrogen and oxygen atoms in total. The fourth-order valence-corrected chi connectivity index (χ4v) is 2.60. The van der Waals surface area contributed by atoms with Crippen molar-refractivity contribution in [2.24, 2.45) is 5.92 Å². The van der Waals surface area contributed by atoms with E-state index >= 15 is 0 Å². The van der Waals surface area contributed by atoms with Crippen LogP contribution < -0.4 is 0 Å². The predicted molar refractivity (Wildman–Crippen MR) is 74.4 cm³/mol. The maximum atomic E-state index is 12.6. The quantitative estimate of drug-likeness (QED) is 0.826. The Morgan fingerprint density at radius 3 is 2.95 bits per heavy atom. The molecule has 7 heteroatoms. The van der Waals surface area contributed by atoms with Gasteiger partial charge in [-0.05, 0) is 6.07 Å². The van der Waals surface area contributed by atoms with Crippen LogP contribution in [0.25, 0.3) is 0 Å². The number of ether oxygens (including phenoxy) is 1. The van der Waals surface area contributed by atoms with Crippen LogP contribution in [0.2, 0.25) is 0 Å². The third-order valence-electron chi connectivity index (χ3n) is 3.53. The standard InChI is InChI=1S/C14H17N5O2/c1-21-9-11-6-18(8-12-5-15-10-19(12)7-11)14(20)13-16-3-2-4-17-13/h2-5,10-11H,6-9H2,1H3/t11-/m1/s1. The summed E-state index contributed by atoms with van der Waals surface area (Å²) in [6.45, 7) is 2.52. The summed E-state index contributed by atoms with van der Waals surface area (Å²) >= 11 is 0. The average molecular weight is 287 g/mol. The molecule has 0 saturated heterocycles. The predicted octanol–water partition coefficient (Wildman–Crippen LogP) is 0.592. The number of aromatic nitrogens is 4. The van der Waals surface area contributed by atoms with Gasteiger partial charge in [-0.25, -0.2) is 15.0 Å². The van der Waals surface area contributed by atoms with Crippen molar-refractivity contribution in [1.29, 1.82) is 0 Å². The Kier molecular flexibility index (Phi) is 3.92. The third kappa shape index (κ3) is 2.92. The van der Waals surface area contributed by atoms with Crippen molar-refractivity contribution in [3.05, 3.63) is 42.5 Å². The third-order valence-corrected chi connectivity index (χ3v) is 3.53. The normalized spacial score (nSPS) is 18.1. The Morgan fingerprint density at radius 2 is 2.19 bits per heavy atom. The summed E-state index contributed by atoms with van der Waals surface area (Å²) in [6, 6.07) is 1.70. The highest BCUT2D eigenvalue weighted by atomic mass is 16.5. The molecule has 0 aliphatic carbocycles. The van der Waals surface area contributed by atoms with Crippen molar-refractivity contribution in [3.63, 3.8) is 0 Å². The lowest BCUT2D eigenvalue weighted by Gasteiger charge is -2.23. The first-order valence-corrected chi connectivity index (χ1v) is 6.82. The first-order chi connectivity index (χ1) is 10.3. The highest BCUT2D eigenvalue weighted by Gasteiger charge is 2.27. The summed E-state index contributed by atoms with van der Waals surface area (Å²) in [5.41, 5.74) is 1.01. The molecule has 0 fully saturated rings. The summed E-state index contributed by atoms with van der Waals surface area (Å²) in [5, 5.41) is 0. The molecule has 2 aromatic rings.